The van der Waals surface area contributed by atoms with Crippen molar-refractivity contribution in [1.29, 1.82) is 0 Å². The lowest BCUT2D eigenvalue weighted by Gasteiger charge is -2.36. The quantitative estimate of drug-likeness (QED) is 0.774. The molecule has 1 aliphatic heterocycles. The van der Waals surface area contributed by atoms with Gasteiger partial charge in [-0.1, -0.05) is 6.92 Å². The fourth-order valence-electron chi connectivity index (χ4n) is 2.10. The molecule has 96 valence electrons. The molecule has 0 spiro atoms. The molecule has 1 fully saturated rings. The van der Waals surface area contributed by atoms with Gasteiger partial charge in [0.1, 0.15) is 0 Å². The third-order valence-electron chi connectivity index (χ3n) is 3.12. The number of tetrazole rings is 1. The number of morpholine rings is 1. The highest BCUT2D eigenvalue weighted by Crippen LogP contribution is 2.13. The van der Waals surface area contributed by atoms with Gasteiger partial charge < -0.3 is 4.74 Å². The molecule has 6 nitrogen and oxygen atoms in total. The summed E-state index contributed by atoms with van der Waals surface area (Å²) in [4.78, 5) is 2.38. The summed E-state index contributed by atoms with van der Waals surface area (Å²) >= 11 is 0. The minimum Gasteiger partial charge on any atom is -0.376 e. The lowest BCUT2D eigenvalue weighted by molar-refractivity contribution is -0.0539. The summed E-state index contributed by atoms with van der Waals surface area (Å²) in [6.07, 6.45) is 1.34. The summed E-state index contributed by atoms with van der Waals surface area (Å²) in [5.74, 6) is 0.952. The zero-order valence-electron chi connectivity index (χ0n) is 10.8. The Morgan fingerprint density at radius 3 is 3.00 bits per heavy atom. The lowest BCUT2D eigenvalue weighted by atomic mass is 10.2. The number of ether oxygens (including phenoxy) is 1. The van der Waals surface area contributed by atoms with Gasteiger partial charge in [-0.05, 0) is 30.7 Å². The van der Waals surface area contributed by atoms with Crippen molar-refractivity contribution in [1.82, 2.24) is 25.1 Å². The van der Waals surface area contributed by atoms with Crippen LogP contribution in [0.15, 0.2) is 0 Å². The molecular weight excluding hydrogens is 218 g/mol. The number of aromatic nitrogens is 4. The maximum absolute atomic E-state index is 5.62. The van der Waals surface area contributed by atoms with Crippen molar-refractivity contribution in [3.05, 3.63) is 5.82 Å². The zero-order chi connectivity index (χ0) is 12.3. The summed E-state index contributed by atoms with van der Waals surface area (Å²) < 4.78 is 7.51. The standard InChI is InChI=1S/C11H21N5O/c1-4-5-16-11(12-13-14-16)7-15-6-10(3)17-8-9(15)2/h9-10H,4-8H2,1-3H3/t9-,10-/m0/s1. The fourth-order valence-corrected chi connectivity index (χ4v) is 2.10. The molecule has 6 heteroatoms. The molecule has 2 rings (SSSR count). The van der Waals surface area contributed by atoms with Gasteiger partial charge in [-0.2, -0.15) is 0 Å². The maximum Gasteiger partial charge on any atom is 0.165 e. The van der Waals surface area contributed by atoms with Gasteiger partial charge in [-0.15, -0.1) is 5.10 Å². The molecule has 2 atom stereocenters. The van der Waals surface area contributed by atoms with Crippen LogP contribution in [0.4, 0.5) is 0 Å². The van der Waals surface area contributed by atoms with E-state index in [1.807, 2.05) is 4.68 Å². The van der Waals surface area contributed by atoms with Gasteiger partial charge in [-0.3, -0.25) is 4.90 Å². The van der Waals surface area contributed by atoms with Crippen molar-refractivity contribution in [2.75, 3.05) is 13.2 Å². The molecule has 1 aromatic rings. The van der Waals surface area contributed by atoms with Crippen LogP contribution < -0.4 is 0 Å². The van der Waals surface area contributed by atoms with Gasteiger partial charge in [0.05, 0.1) is 19.3 Å². The molecule has 17 heavy (non-hydrogen) atoms. The summed E-state index contributed by atoms with van der Waals surface area (Å²) in [7, 11) is 0. The van der Waals surface area contributed by atoms with Crippen LogP contribution in [-0.4, -0.2) is 50.4 Å². The second-order valence-corrected chi connectivity index (χ2v) is 4.74. The van der Waals surface area contributed by atoms with E-state index in [2.05, 4.69) is 41.2 Å². The normalized spacial score (nSPS) is 26.3. The van der Waals surface area contributed by atoms with Crippen LogP contribution in [0, 0.1) is 0 Å². The molecule has 1 aliphatic rings. The Morgan fingerprint density at radius 1 is 1.41 bits per heavy atom. The van der Waals surface area contributed by atoms with E-state index in [0.717, 1.165) is 38.5 Å². The Bertz CT molecular complexity index is 353. The van der Waals surface area contributed by atoms with Crippen molar-refractivity contribution >= 4 is 0 Å². The first kappa shape index (κ1) is 12.4. The van der Waals surface area contributed by atoms with Crippen molar-refractivity contribution in [3.8, 4) is 0 Å². The third-order valence-corrected chi connectivity index (χ3v) is 3.12. The Morgan fingerprint density at radius 2 is 2.24 bits per heavy atom. The first-order valence-electron chi connectivity index (χ1n) is 6.31. The molecule has 2 heterocycles. The first-order valence-corrected chi connectivity index (χ1v) is 6.31. The van der Waals surface area contributed by atoms with Crippen LogP contribution in [0.5, 0.6) is 0 Å². The molecule has 0 unspecified atom stereocenters. The molecule has 0 amide bonds. The molecule has 0 radical (unpaired) electrons. The average Bonchev–Trinajstić information content (AvgIpc) is 2.72. The van der Waals surface area contributed by atoms with Crippen molar-refractivity contribution in [2.45, 2.75) is 52.4 Å². The first-order chi connectivity index (χ1) is 8.20. The highest BCUT2D eigenvalue weighted by Gasteiger charge is 2.24. The SMILES string of the molecule is CCCn1nnnc1CN1C[C@H](C)OC[C@@H]1C. The Kier molecular flexibility index (Phi) is 4.06. The number of hydrogen-bond donors (Lipinski definition) is 0. The van der Waals surface area contributed by atoms with Crippen LogP contribution >= 0.6 is 0 Å². The second kappa shape index (κ2) is 5.55. The largest absolute Gasteiger partial charge is 0.376 e. The van der Waals surface area contributed by atoms with Gasteiger partial charge in [0.2, 0.25) is 0 Å². The van der Waals surface area contributed by atoms with E-state index in [0.29, 0.717) is 12.1 Å². The van der Waals surface area contributed by atoms with E-state index in [1.165, 1.54) is 0 Å². The maximum atomic E-state index is 5.62. The van der Waals surface area contributed by atoms with E-state index >= 15 is 0 Å². The Hall–Kier alpha value is -1.01. The predicted octanol–water partition coefficient (Wildman–Crippen LogP) is 0.692. The van der Waals surface area contributed by atoms with Crippen molar-refractivity contribution < 1.29 is 4.74 Å². The molecule has 0 bridgehead atoms. The highest BCUT2D eigenvalue weighted by molar-refractivity contribution is 4.85. The van der Waals surface area contributed by atoms with E-state index in [4.69, 9.17) is 4.74 Å². The molecule has 1 saturated heterocycles. The topological polar surface area (TPSA) is 56.1 Å². The van der Waals surface area contributed by atoms with Gasteiger partial charge in [-0.25, -0.2) is 4.68 Å². The number of rotatable bonds is 4. The van der Waals surface area contributed by atoms with E-state index in [-0.39, 0.29) is 0 Å². The molecule has 0 aromatic carbocycles. The van der Waals surface area contributed by atoms with E-state index < -0.39 is 0 Å². The highest BCUT2D eigenvalue weighted by atomic mass is 16.5. The van der Waals surface area contributed by atoms with Gasteiger partial charge in [0, 0.05) is 19.1 Å². The molecular formula is C11H21N5O. The smallest absolute Gasteiger partial charge is 0.165 e. The predicted molar refractivity (Wildman–Crippen MR) is 63.4 cm³/mol. The number of aryl methyl sites for hydroxylation is 1. The zero-order valence-corrected chi connectivity index (χ0v) is 10.8. The average molecular weight is 239 g/mol. The summed E-state index contributed by atoms with van der Waals surface area (Å²) in [6, 6.07) is 0.429. The van der Waals surface area contributed by atoms with Crippen molar-refractivity contribution in [2.24, 2.45) is 0 Å². The van der Waals surface area contributed by atoms with Crippen LogP contribution in [0.2, 0.25) is 0 Å². The fraction of sp³-hybridized carbons (Fsp3) is 0.909. The minimum absolute atomic E-state index is 0.293. The van der Waals surface area contributed by atoms with Gasteiger partial charge in [0.25, 0.3) is 0 Å². The lowest BCUT2D eigenvalue weighted by Crippen LogP contribution is -2.47. The Balaban J connectivity index is 2.01. The number of nitrogens with zero attached hydrogens (tertiary/aromatic N) is 5. The van der Waals surface area contributed by atoms with Crippen LogP contribution in [-0.2, 0) is 17.8 Å². The van der Waals surface area contributed by atoms with Crippen molar-refractivity contribution in [3.63, 3.8) is 0 Å². The van der Waals surface area contributed by atoms with E-state index in [1.54, 1.807) is 0 Å². The monoisotopic (exact) mass is 239 g/mol. The molecule has 0 saturated carbocycles. The van der Waals surface area contributed by atoms with Crippen LogP contribution in [0.1, 0.15) is 33.0 Å². The Labute approximate surface area is 102 Å². The molecule has 0 N–H and O–H groups in total. The number of hydrogen-bond acceptors (Lipinski definition) is 5. The van der Waals surface area contributed by atoms with E-state index in [9.17, 15) is 0 Å². The molecule has 0 aliphatic carbocycles. The summed E-state index contributed by atoms with van der Waals surface area (Å²) in [5, 5.41) is 11.9. The van der Waals surface area contributed by atoms with Gasteiger partial charge >= 0.3 is 0 Å². The van der Waals surface area contributed by atoms with Crippen LogP contribution in [0.3, 0.4) is 0 Å². The van der Waals surface area contributed by atoms with Crippen LogP contribution in [0.25, 0.3) is 0 Å². The third kappa shape index (κ3) is 3.01. The second-order valence-electron chi connectivity index (χ2n) is 4.74. The molecule has 1 aromatic heterocycles. The summed E-state index contributed by atoms with van der Waals surface area (Å²) in [6.45, 7) is 9.84. The minimum atomic E-state index is 0.293. The summed E-state index contributed by atoms with van der Waals surface area (Å²) in [5.41, 5.74) is 0. The van der Waals surface area contributed by atoms with Gasteiger partial charge in [0.15, 0.2) is 5.82 Å².